The highest BCUT2D eigenvalue weighted by Gasteiger charge is 2.44. The van der Waals surface area contributed by atoms with Crippen LogP contribution in [0, 0.1) is 11.3 Å². The molecule has 11 heavy (non-hydrogen) atoms. The Bertz CT molecular complexity index is 132. The first kappa shape index (κ1) is 7.60. The zero-order valence-electron chi connectivity index (χ0n) is 7.31. The van der Waals surface area contributed by atoms with E-state index in [1.807, 2.05) is 0 Å². The third kappa shape index (κ3) is 1.31. The topological polar surface area (TPSA) is 26.0 Å². The molecule has 0 aromatic carbocycles. The van der Waals surface area contributed by atoms with Crippen LogP contribution in [0.25, 0.3) is 0 Å². The molecule has 64 valence electrons. The van der Waals surface area contributed by atoms with Crippen molar-refractivity contribution < 1.29 is 0 Å². The van der Waals surface area contributed by atoms with Crippen LogP contribution in [-0.4, -0.2) is 6.54 Å². The highest BCUT2D eigenvalue weighted by atomic mass is 14.6. The molecule has 2 aliphatic carbocycles. The molecule has 0 radical (unpaired) electrons. The SMILES string of the molecule is NCC1(C2CC2)CCCCC1. The van der Waals surface area contributed by atoms with Gasteiger partial charge in [-0.15, -0.1) is 0 Å². The van der Waals surface area contributed by atoms with Gasteiger partial charge in [-0.05, 0) is 43.6 Å². The standard InChI is InChI=1S/C10H19N/c11-8-10(9-4-5-9)6-2-1-3-7-10/h9H,1-8,11H2. The fourth-order valence-corrected chi connectivity index (χ4v) is 2.73. The van der Waals surface area contributed by atoms with E-state index in [0.717, 1.165) is 12.5 Å². The maximum atomic E-state index is 5.88. The molecule has 2 fully saturated rings. The molecule has 0 unspecified atom stereocenters. The third-order valence-electron chi connectivity index (χ3n) is 3.70. The van der Waals surface area contributed by atoms with Gasteiger partial charge in [0.2, 0.25) is 0 Å². The smallest absolute Gasteiger partial charge is 0.00179 e. The molecule has 0 amide bonds. The summed E-state index contributed by atoms with van der Waals surface area (Å²) >= 11 is 0. The summed E-state index contributed by atoms with van der Waals surface area (Å²) in [5, 5.41) is 0. The Hall–Kier alpha value is -0.0400. The summed E-state index contributed by atoms with van der Waals surface area (Å²) in [5.41, 5.74) is 6.49. The average molecular weight is 153 g/mol. The van der Waals surface area contributed by atoms with E-state index < -0.39 is 0 Å². The minimum Gasteiger partial charge on any atom is -0.330 e. The lowest BCUT2D eigenvalue weighted by Gasteiger charge is -2.36. The predicted molar refractivity (Wildman–Crippen MR) is 47.3 cm³/mol. The molecular weight excluding hydrogens is 134 g/mol. The van der Waals surface area contributed by atoms with E-state index in [1.54, 1.807) is 0 Å². The zero-order valence-corrected chi connectivity index (χ0v) is 7.31. The van der Waals surface area contributed by atoms with Crippen LogP contribution in [-0.2, 0) is 0 Å². The van der Waals surface area contributed by atoms with Gasteiger partial charge in [0.05, 0.1) is 0 Å². The summed E-state index contributed by atoms with van der Waals surface area (Å²) < 4.78 is 0. The zero-order chi connectivity index (χ0) is 7.73. The van der Waals surface area contributed by atoms with Gasteiger partial charge in [0.1, 0.15) is 0 Å². The van der Waals surface area contributed by atoms with Crippen molar-refractivity contribution in [3.8, 4) is 0 Å². The quantitative estimate of drug-likeness (QED) is 0.647. The molecule has 2 saturated carbocycles. The molecule has 0 aliphatic heterocycles. The predicted octanol–water partition coefficient (Wildman–Crippen LogP) is 2.31. The fourth-order valence-electron chi connectivity index (χ4n) is 2.73. The summed E-state index contributed by atoms with van der Waals surface area (Å²) in [4.78, 5) is 0. The molecule has 0 aromatic rings. The van der Waals surface area contributed by atoms with E-state index in [-0.39, 0.29) is 0 Å². The molecule has 0 atom stereocenters. The Morgan fingerprint density at radius 1 is 1.09 bits per heavy atom. The summed E-state index contributed by atoms with van der Waals surface area (Å²) in [7, 11) is 0. The van der Waals surface area contributed by atoms with Gasteiger partial charge in [-0.1, -0.05) is 19.3 Å². The van der Waals surface area contributed by atoms with Crippen LogP contribution in [0.3, 0.4) is 0 Å². The van der Waals surface area contributed by atoms with Crippen LogP contribution in [0.15, 0.2) is 0 Å². The van der Waals surface area contributed by atoms with E-state index in [4.69, 9.17) is 5.73 Å². The largest absolute Gasteiger partial charge is 0.330 e. The van der Waals surface area contributed by atoms with Gasteiger partial charge in [0, 0.05) is 0 Å². The van der Waals surface area contributed by atoms with Crippen LogP contribution < -0.4 is 5.73 Å². The highest BCUT2D eigenvalue weighted by molar-refractivity contribution is 4.96. The summed E-state index contributed by atoms with van der Waals surface area (Å²) in [6.45, 7) is 0.956. The summed E-state index contributed by atoms with van der Waals surface area (Å²) in [6.07, 6.45) is 10.1. The Morgan fingerprint density at radius 2 is 1.73 bits per heavy atom. The third-order valence-corrected chi connectivity index (χ3v) is 3.70. The van der Waals surface area contributed by atoms with Crippen molar-refractivity contribution in [2.24, 2.45) is 17.1 Å². The van der Waals surface area contributed by atoms with Crippen molar-refractivity contribution >= 4 is 0 Å². The molecule has 0 spiro atoms. The van der Waals surface area contributed by atoms with Crippen molar-refractivity contribution in [1.29, 1.82) is 0 Å². The van der Waals surface area contributed by atoms with Gasteiger partial charge in [0.25, 0.3) is 0 Å². The molecule has 0 saturated heterocycles. The molecule has 0 bridgehead atoms. The number of nitrogens with two attached hydrogens (primary N) is 1. The monoisotopic (exact) mass is 153 g/mol. The first-order chi connectivity index (χ1) is 5.37. The summed E-state index contributed by atoms with van der Waals surface area (Å²) in [5.74, 6) is 1.02. The Kier molecular flexibility index (Phi) is 1.92. The van der Waals surface area contributed by atoms with E-state index >= 15 is 0 Å². The molecule has 0 aromatic heterocycles. The molecule has 2 rings (SSSR count). The molecule has 2 aliphatic rings. The molecule has 1 heteroatoms. The van der Waals surface area contributed by atoms with Crippen LogP contribution in [0.5, 0.6) is 0 Å². The van der Waals surface area contributed by atoms with Crippen LogP contribution in [0.2, 0.25) is 0 Å². The summed E-state index contributed by atoms with van der Waals surface area (Å²) in [6, 6.07) is 0. The van der Waals surface area contributed by atoms with Crippen molar-refractivity contribution in [2.75, 3.05) is 6.54 Å². The first-order valence-corrected chi connectivity index (χ1v) is 5.07. The average Bonchev–Trinajstić information content (AvgIpc) is 2.88. The highest BCUT2D eigenvalue weighted by Crippen LogP contribution is 2.52. The molecule has 1 nitrogen and oxygen atoms in total. The second-order valence-corrected chi connectivity index (χ2v) is 4.40. The first-order valence-electron chi connectivity index (χ1n) is 5.07. The molecule has 2 N–H and O–H groups in total. The van der Waals surface area contributed by atoms with Crippen LogP contribution >= 0.6 is 0 Å². The van der Waals surface area contributed by atoms with Crippen molar-refractivity contribution in [1.82, 2.24) is 0 Å². The second kappa shape index (κ2) is 2.78. The van der Waals surface area contributed by atoms with Gasteiger partial charge in [-0.2, -0.15) is 0 Å². The normalized spacial score (nSPS) is 30.3. The van der Waals surface area contributed by atoms with Gasteiger partial charge < -0.3 is 5.73 Å². The van der Waals surface area contributed by atoms with Gasteiger partial charge in [0.15, 0.2) is 0 Å². The van der Waals surface area contributed by atoms with Gasteiger partial charge in [-0.3, -0.25) is 0 Å². The Morgan fingerprint density at radius 3 is 2.18 bits per heavy atom. The van der Waals surface area contributed by atoms with E-state index in [1.165, 1.54) is 44.9 Å². The minimum absolute atomic E-state index is 0.609. The van der Waals surface area contributed by atoms with E-state index in [9.17, 15) is 0 Å². The van der Waals surface area contributed by atoms with E-state index in [0.29, 0.717) is 5.41 Å². The second-order valence-electron chi connectivity index (χ2n) is 4.40. The Balaban J connectivity index is 2.01. The van der Waals surface area contributed by atoms with Crippen LogP contribution in [0.1, 0.15) is 44.9 Å². The van der Waals surface area contributed by atoms with Crippen molar-refractivity contribution in [2.45, 2.75) is 44.9 Å². The fraction of sp³-hybridized carbons (Fsp3) is 1.00. The van der Waals surface area contributed by atoms with Crippen molar-refractivity contribution in [3.63, 3.8) is 0 Å². The molecule has 0 heterocycles. The van der Waals surface area contributed by atoms with Gasteiger partial charge in [-0.25, -0.2) is 0 Å². The Labute approximate surface area is 69.4 Å². The maximum Gasteiger partial charge on any atom is -0.00179 e. The number of rotatable bonds is 2. The van der Waals surface area contributed by atoms with Crippen LogP contribution in [0.4, 0.5) is 0 Å². The lowest BCUT2D eigenvalue weighted by molar-refractivity contribution is 0.164. The number of hydrogen-bond acceptors (Lipinski definition) is 1. The lowest BCUT2D eigenvalue weighted by atomic mass is 9.70. The molecular formula is C10H19N. The maximum absolute atomic E-state index is 5.88. The van der Waals surface area contributed by atoms with E-state index in [2.05, 4.69) is 0 Å². The van der Waals surface area contributed by atoms with Gasteiger partial charge >= 0.3 is 0 Å². The van der Waals surface area contributed by atoms with Crippen molar-refractivity contribution in [3.05, 3.63) is 0 Å². The minimum atomic E-state index is 0.609. The number of hydrogen-bond donors (Lipinski definition) is 1. The lowest BCUT2D eigenvalue weighted by Crippen LogP contribution is -2.34.